The van der Waals surface area contributed by atoms with Crippen molar-refractivity contribution < 1.29 is 19.4 Å². The van der Waals surface area contributed by atoms with Crippen LogP contribution < -0.4 is 0 Å². The van der Waals surface area contributed by atoms with Gasteiger partial charge in [0, 0.05) is 35.4 Å². The number of carboxylic acids is 1. The summed E-state index contributed by atoms with van der Waals surface area (Å²) in [6.07, 6.45) is 0.456. The summed E-state index contributed by atoms with van der Waals surface area (Å²) in [5, 5.41) is 9.82. The van der Waals surface area contributed by atoms with Crippen LogP contribution in [0.2, 0.25) is 0 Å². The van der Waals surface area contributed by atoms with Gasteiger partial charge in [0.1, 0.15) is 0 Å². The van der Waals surface area contributed by atoms with E-state index in [2.05, 4.69) is 0 Å². The molecular formula is C21H21NO4S. The number of carbonyl (C=O) groups excluding carboxylic acids is 1. The molecule has 27 heavy (non-hydrogen) atoms. The van der Waals surface area contributed by atoms with Gasteiger partial charge in [-0.3, -0.25) is 9.59 Å². The Morgan fingerprint density at radius 1 is 1.11 bits per heavy atom. The van der Waals surface area contributed by atoms with Crippen LogP contribution in [0.3, 0.4) is 0 Å². The third kappa shape index (κ3) is 3.35. The minimum Gasteiger partial charge on any atom is -0.481 e. The van der Waals surface area contributed by atoms with Gasteiger partial charge in [0.25, 0.3) is 5.91 Å². The zero-order valence-corrected chi connectivity index (χ0v) is 15.7. The minimum absolute atomic E-state index is 0.107. The quantitative estimate of drug-likeness (QED) is 0.877. The summed E-state index contributed by atoms with van der Waals surface area (Å²) in [6, 6.07) is 17.4. The molecule has 0 unspecified atom stereocenters. The Labute approximate surface area is 162 Å². The Bertz CT molecular complexity index is 856. The van der Waals surface area contributed by atoms with Gasteiger partial charge in [0.15, 0.2) is 0 Å². The summed E-state index contributed by atoms with van der Waals surface area (Å²) in [5.41, 5.74) is -0.262. The van der Waals surface area contributed by atoms with Crippen molar-refractivity contribution in [2.45, 2.75) is 16.2 Å². The first-order chi connectivity index (χ1) is 13.1. The molecule has 0 radical (unpaired) electrons. The van der Waals surface area contributed by atoms with Gasteiger partial charge in [-0.05, 0) is 30.7 Å². The van der Waals surface area contributed by atoms with Gasteiger partial charge in [0.05, 0.1) is 17.6 Å². The maximum absolute atomic E-state index is 13.2. The highest BCUT2D eigenvalue weighted by Gasteiger charge is 2.55. The summed E-state index contributed by atoms with van der Waals surface area (Å²) < 4.78 is 5.49. The van der Waals surface area contributed by atoms with Crippen molar-refractivity contribution in [2.75, 3.05) is 26.3 Å². The highest BCUT2D eigenvalue weighted by atomic mass is 32.2. The van der Waals surface area contributed by atoms with Crippen molar-refractivity contribution in [3.05, 3.63) is 60.2 Å². The molecule has 2 aromatic carbocycles. The van der Waals surface area contributed by atoms with Crippen LogP contribution >= 0.6 is 11.8 Å². The lowest BCUT2D eigenvalue weighted by Gasteiger charge is -2.33. The van der Waals surface area contributed by atoms with Gasteiger partial charge >= 0.3 is 5.97 Å². The number of benzene rings is 2. The van der Waals surface area contributed by atoms with E-state index in [0.717, 1.165) is 9.79 Å². The van der Waals surface area contributed by atoms with E-state index in [-0.39, 0.29) is 18.4 Å². The standard InChI is InChI=1S/C21H21NO4S/c23-19(22-12-15-13-26-11-10-21(15,14-22)20(24)25)17-8-4-5-9-18(17)27-16-6-2-1-3-7-16/h1-9,15H,10-14H2,(H,24,25)/t15-,21+/m0/s1. The lowest BCUT2D eigenvalue weighted by atomic mass is 9.74. The first-order valence-corrected chi connectivity index (χ1v) is 9.84. The highest BCUT2D eigenvalue weighted by molar-refractivity contribution is 7.99. The number of amides is 1. The third-order valence-corrected chi connectivity index (χ3v) is 6.59. The summed E-state index contributed by atoms with van der Waals surface area (Å²) in [5.74, 6) is -1.08. The molecule has 2 heterocycles. The number of ether oxygens (including phenoxy) is 1. The van der Waals surface area contributed by atoms with Gasteiger partial charge in [-0.25, -0.2) is 0 Å². The molecule has 5 nitrogen and oxygen atoms in total. The van der Waals surface area contributed by atoms with Crippen LogP contribution in [0.4, 0.5) is 0 Å². The van der Waals surface area contributed by atoms with E-state index in [1.165, 1.54) is 0 Å². The number of aliphatic carboxylic acids is 1. The highest BCUT2D eigenvalue weighted by Crippen LogP contribution is 2.43. The van der Waals surface area contributed by atoms with Gasteiger partial charge < -0.3 is 14.7 Å². The van der Waals surface area contributed by atoms with Crippen LogP contribution in [0.25, 0.3) is 0 Å². The van der Waals surface area contributed by atoms with Crippen LogP contribution in [0.15, 0.2) is 64.4 Å². The summed E-state index contributed by atoms with van der Waals surface area (Å²) in [4.78, 5) is 28.8. The monoisotopic (exact) mass is 383 g/mol. The third-order valence-electron chi connectivity index (χ3n) is 5.51. The fourth-order valence-corrected chi connectivity index (χ4v) is 4.93. The molecule has 1 amide bonds. The number of likely N-dealkylation sites (tertiary alicyclic amines) is 1. The summed E-state index contributed by atoms with van der Waals surface area (Å²) in [6.45, 7) is 1.51. The number of nitrogens with zero attached hydrogens (tertiary/aromatic N) is 1. The molecular weight excluding hydrogens is 362 g/mol. The lowest BCUT2D eigenvalue weighted by Crippen LogP contribution is -2.45. The molecule has 4 rings (SSSR count). The Kier molecular flexibility index (Phi) is 4.93. The van der Waals surface area contributed by atoms with E-state index >= 15 is 0 Å². The fraction of sp³-hybridized carbons (Fsp3) is 0.333. The lowest BCUT2D eigenvalue weighted by molar-refractivity contribution is -0.157. The Morgan fingerprint density at radius 3 is 2.59 bits per heavy atom. The van der Waals surface area contributed by atoms with E-state index in [0.29, 0.717) is 31.7 Å². The molecule has 2 aromatic rings. The van der Waals surface area contributed by atoms with Gasteiger partial charge in [-0.1, -0.05) is 42.1 Å². The molecule has 2 aliphatic heterocycles. The van der Waals surface area contributed by atoms with E-state index in [4.69, 9.17) is 4.74 Å². The number of hydrogen-bond donors (Lipinski definition) is 1. The number of hydrogen-bond acceptors (Lipinski definition) is 4. The maximum atomic E-state index is 13.2. The molecule has 6 heteroatoms. The van der Waals surface area contributed by atoms with Crippen molar-refractivity contribution >= 4 is 23.6 Å². The first-order valence-electron chi connectivity index (χ1n) is 9.02. The van der Waals surface area contributed by atoms with Crippen LogP contribution in [0.5, 0.6) is 0 Å². The smallest absolute Gasteiger partial charge is 0.311 e. The van der Waals surface area contributed by atoms with Gasteiger partial charge in [-0.2, -0.15) is 0 Å². The predicted molar refractivity (Wildman–Crippen MR) is 102 cm³/mol. The summed E-state index contributed by atoms with van der Waals surface area (Å²) in [7, 11) is 0. The average molecular weight is 383 g/mol. The maximum Gasteiger partial charge on any atom is 0.311 e. The minimum atomic E-state index is -0.880. The Balaban J connectivity index is 1.60. The van der Waals surface area contributed by atoms with Crippen molar-refractivity contribution in [1.82, 2.24) is 4.90 Å². The summed E-state index contributed by atoms with van der Waals surface area (Å²) >= 11 is 1.54. The van der Waals surface area contributed by atoms with Gasteiger partial charge in [-0.15, -0.1) is 0 Å². The molecule has 0 saturated carbocycles. The van der Waals surface area contributed by atoms with E-state index in [1.54, 1.807) is 16.7 Å². The van der Waals surface area contributed by atoms with Crippen LogP contribution in [-0.4, -0.2) is 48.2 Å². The van der Waals surface area contributed by atoms with Crippen LogP contribution in [0, 0.1) is 11.3 Å². The molecule has 0 aromatic heterocycles. The van der Waals surface area contributed by atoms with Crippen LogP contribution in [0.1, 0.15) is 16.8 Å². The zero-order valence-electron chi connectivity index (χ0n) is 14.8. The largest absolute Gasteiger partial charge is 0.481 e. The molecule has 0 spiro atoms. The second kappa shape index (κ2) is 7.37. The molecule has 2 aliphatic rings. The molecule has 140 valence electrons. The average Bonchev–Trinajstić information content (AvgIpc) is 3.10. The Hall–Kier alpha value is -2.31. The second-order valence-electron chi connectivity index (χ2n) is 7.08. The molecule has 0 aliphatic carbocycles. The molecule has 2 atom stereocenters. The zero-order chi connectivity index (χ0) is 18.9. The van der Waals surface area contributed by atoms with E-state index in [1.807, 2.05) is 54.6 Å². The van der Waals surface area contributed by atoms with E-state index < -0.39 is 11.4 Å². The van der Waals surface area contributed by atoms with E-state index in [9.17, 15) is 14.7 Å². The molecule has 2 fully saturated rings. The SMILES string of the molecule is O=C(c1ccccc1Sc1ccccc1)N1C[C@H]2COCC[C@@]2(C(=O)O)C1. The molecule has 1 N–H and O–H groups in total. The predicted octanol–water partition coefficient (Wildman–Crippen LogP) is 3.40. The van der Waals surface area contributed by atoms with Crippen molar-refractivity contribution in [1.29, 1.82) is 0 Å². The number of carboxylic acid groups (broad SMARTS) is 1. The van der Waals surface area contributed by atoms with Crippen molar-refractivity contribution in [3.63, 3.8) is 0 Å². The van der Waals surface area contributed by atoms with Crippen LogP contribution in [-0.2, 0) is 9.53 Å². The molecule has 0 bridgehead atoms. The number of rotatable bonds is 4. The number of carbonyl (C=O) groups is 2. The first kappa shape index (κ1) is 18.1. The second-order valence-corrected chi connectivity index (χ2v) is 8.20. The normalized spacial score (nSPS) is 24.4. The Morgan fingerprint density at radius 2 is 1.85 bits per heavy atom. The van der Waals surface area contributed by atoms with Crippen molar-refractivity contribution in [3.8, 4) is 0 Å². The van der Waals surface area contributed by atoms with Crippen molar-refractivity contribution in [2.24, 2.45) is 11.3 Å². The molecule has 2 saturated heterocycles. The number of fused-ring (bicyclic) bond motifs is 1. The van der Waals surface area contributed by atoms with Gasteiger partial charge in [0.2, 0.25) is 0 Å². The fourth-order valence-electron chi connectivity index (χ4n) is 3.97. The topological polar surface area (TPSA) is 66.8 Å².